The predicted molar refractivity (Wildman–Crippen MR) is 153 cm³/mol. The molecular weight excluding hydrogens is 546 g/mol. The van der Waals surface area contributed by atoms with Crippen LogP contribution >= 0.6 is 0 Å². The van der Waals surface area contributed by atoms with E-state index in [1.54, 1.807) is 23.1 Å². The molecule has 4 rings (SSSR count). The van der Waals surface area contributed by atoms with Crippen molar-refractivity contribution in [3.05, 3.63) is 29.3 Å². The first-order valence-corrected chi connectivity index (χ1v) is 18.0. The molecule has 2 atom stereocenters. The number of fused-ring (bicyclic) bond motifs is 1. The lowest BCUT2D eigenvalue weighted by molar-refractivity contribution is -0.158. The summed E-state index contributed by atoms with van der Waals surface area (Å²) in [7, 11) is -1.30. The van der Waals surface area contributed by atoms with Gasteiger partial charge in [0, 0.05) is 39.8 Å². The molecule has 0 aromatic heterocycles. The first kappa shape index (κ1) is 31.0. The second kappa shape index (κ2) is 12.5. The van der Waals surface area contributed by atoms with Crippen LogP contribution in [0, 0.1) is 0 Å². The van der Waals surface area contributed by atoms with Crippen molar-refractivity contribution in [1.82, 2.24) is 14.7 Å². The predicted octanol–water partition coefficient (Wildman–Crippen LogP) is 3.49. The number of nitrogens with zero attached hydrogens (tertiary/aromatic N) is 3. The van der Waals surface area contributed by atoms with Gasteiger partial charge in [-0.25, -0.2) is 4.79 Å². The number of amides is 4. The maximum atomic E-state index is 13.3. The zero-order valence-electron chi connectivity index (χ0n) is 25.1. The van der Waals surface area contributed by atoms with Gasteiger partial charge in [-0.15, -0.1) is 0 Å². The molecule has 11 nitrogen and oxygen atoms in total. The number of hydrogen-bond acceptors (Lipinski definition) is 8. The summed E-state index contributed by atoms with van der Waals surface area (Å²) in [5, 5.41) is 0. The van der Waals surface area contributed by atoms with Crippen LogP contribution in [0.1, 0.15) is 49.5 Å². The quantitative estimate of drug-likeness (QED) is 0.244. The first-order chi connectivity index (χ1) is 19.2. The van der Waals surface area contributed by atoms with Crippen molar-refractivity contribution in [2.75, 3.05) is 39.7 Å². The average molecular weight is 590 g/mol. The third kappa shape index (κ3) is 7.86. The fourth-order valence-electron chi connectivity index (χ4n) is 4.99. The molecule has 0 radical (unpaired) electrons. The van der Waals surface area contributed by atoms with Gasteiger partial charge in [-0.2, -0.15) is 0 Å². The number of hydrogen-bond donors (Lipinski definition) is 0. The Morgan fingerprint density at radius 3 is 2.61 bits per heavy atom. The summed E-state index contributed by atoms with van der Waals surface area (Å²) in [4.78, 5) is 56.1. The van der Waals surface area contributed by atoms with E-state index in [1.807, 2.05) is 20.8 Å². The van der Waals surface area contributed by atoms with E-state index in [2.05, 4.69) is 19.6 Å². The number of imide groups is 1. The number of carbonyl (C=O) groups excluding carboxylic acids is 4. The molecule has 1 unspecified atom stereocenters. The van der Waals surface area contributed by atoms with E-state index in [9.17, 15) is 19.2 Å². The summed E-state index contributed by atoms with van der Waals surface area (Å²) in [5.74, 6) is -0.357. The highest BCUT2D eigenvalue weighted by atomic mass is 28.3. The summed E-state index contributed by atoms with van der Waals surface area (Å²) in [5.41, 5.74) is 0.652. The molecule has 3 heterocycles. The third-order valence-corrected chi connectivity index (χ3v) is 8.99. The second-order valence-corrected chi connectivity index (χ2v) is 18.6. The molecule has 4 amide bonds. The van der Waals surface area contributed by atoms with Crippen molar-refractivity contribution in [1.29, 1.82) is 0 Å². The number of carbonyl (C=O) groups is 4. The highest BCUT2D eigenvalue weighted by Crippen LogP contribution is 2.31. The molecule has 2 fully saturated rings. The molecule has 3 aliphatic heterocycles. The van der Waals surface area contributed by atoms with E-state index in [0.29, 0.717) is 37.7 Å². The van der Waals surface area contributed by atoms with Crippen molar-refractivity contribution in [3.8, 4) is 5.75 Å². The van der Waals surface area contributed by atoms with Crippen LogP contribution in [0.25, 0.3) is 0 Å². The SMILES string of the molecule is CC(C)(C)OC(=O)N1CCOC[C@H]1COc1ccc2c(c1)CN(C1CCC(=O)N(COCC[Si](C)(C)C)C1=O)C2=O. The first-order valence-electron chi connectivity index (χ1n) is 14.3. The van der Waals surface area contributed by atoms with Crippen molar-refractivity contribution in [2.24, 2.45) is 0 Å². The van der Waals surface area contributed by atoms with E-state index in [1.165, 1.54) is 4.90 Å². The lowest BCUT2D eigenvalue weighted by Crippen LogP contribution is -2.55. The molecule has 0 bridgehead atoms. The van der Waals surface area contributed by atoms with Crippen LogP contribution in [-0.4, -0.2) is 104 Å². The van der Waals surface area contributed by atoms with Gasteiger partial charge in [0.25, 0.3) is 11.8 Å². The van der Waals surface area contributed by atoms with Crippen molar-refractivity contribution < 1.29 is 38.1 Å². The Morgan fingerprint density at radius 2 is 1.90 bits per heavy atom. The van der Waals surface area contributed by atoms with Crippen LogP contribution in [0.4, 0.5) is 4.79 Å². The van der Waals surface area contributed by atoms with Gasteiger partial charge in [0.1, 0.15) is 30.7 Å². The molecule has 0 saturated carbocycles. The maximum Gasteiger partial charge on any atom is 0.410 e. The smallest absolute Gasteiger partial charge is 0.410 e. The normalized spacial score (nSPS) is 21.8. The Bertz CT molecular complexity index is 1160. The Kier molecular flexibility index (Phi) is 9.44. The molecular formula is C29H43N3O8Si. The molecule has 1 aromatic rings. The number of piperidine rings is 1. The van der Waals surface area contributed by atoms with E-state index >= 15 is 0 Å². The van der Waals surface area contributed by atoms with Crippen LogP contribution in [0.15, 0.2) is 18.2 Å². The molecule has 41 heavy (non-hydrogen) atoms. The average Bonchev–Trinajstić information content (AvgIpc) is 3.20. The molecule has 3 aliphatic rings. The molecule has 226 valence electrons. The lowest BCUT2D eigenvalue weighted by Gasteiger charge is -2.36. The van der Waals surface area contributed by atoms with E-state index in [-0.39, 0.29) is 50.6 Å². The van der Waals surface area contributed by atoms with Gasteiger partial charge in [0.2, 0.25) is 5.91 Å². The van der Waals surface area contributed by atoms with E-state index in [0.717, 1.165) is 16.5 Å². The number of rotatable bonds is 9. The van der Waals surface area contributed by atoms with E-state index in [4.69, 9.17) is 18.9 Å². The monoisotopic (exact) mass is 589 g/mol. The topological polar surface area (TPSA) is 115 Å². The zero-order valence-corrected chi connectivity index (χ0v) is 26.1. The Morgan fingerprint density at radius 1 is 1.15 bits per heavy atom. The number of ether oxygens (including phenoxy) is 4. The zero-order chi connectivity index (χ0) is 29.9. The van der Waals surface area contributed by atoms with Gasteiger partial charge in [0.05, 0.1) is 19.3 Å². The minimum Gasteiger partial charge on any atom is -0.491 e. The minimum atomic E-state index is -1.30. The van der Waals surface area contributed by atoms with Crippen LogP contribution in [0.2, 0.25) is 25.7 Å². The highest BCUT2D eigenvalue weighted by molar-refractivity contribution is 6.76. The van der Waals surface area contributed by atoms with Crippen LogP contribution in [0.3, 0.4) is 0 Å². The molecule has 1 aromatic carbocycles. The van der Waals surface area contributed by atoms with Crippen molar-refractivity contribution >= 4 is 31.9 Å². The minimum absolute atomic E-state index is 0.0865. The van der Waals surface area contributed by atoms with Crippen molar-refractivity contribution in [2.45, 2.75) is 83.5 Å². The van der Waals surface area contributed by atoms with Crippen LogP contribution in [-0.2, 0) is 30.3 Å². The standard InChI is InChI=1S/C29H43N3O8Si/c1-29(2,3)40-28(36)30-11-12-37-17-21(30)18-39-22-7-8-23-20(15-22)16-31(26(23)34)24-9-10-25(33)32(27(24)35)19-38-13-14-41(4,5)6/h7-8,15,21,24H,9-14,16-19H2,1-6H3/t21-,24?/m0/s1. The summed E-state index contributed by atoms with van der Waals surface area (Å²) in [6, 6.07) is 5.10. The maximum absolute atomic E-state index is 13.3. The lowest BCUT2D eigenvalue weighted by atomic mass is 10.0. The van der Waals surface area contributed by atoms with Gasteiger partial charge < -0.3 is 23.8 Å². The fraction of sp³-hybridized carbons (Fsp3) is 0.655. The Labute approximate surface area is 243 Å². The van der Waals surface area contributed by atoms with Crippen molar-refractivity contribution in [3.63, 3.8) is 0 Å². The summed E-state index contributed by atoms with van der Waals surface area (Å²) < 4.78 is 22.8. The highest BCUT2D eigenvalue weighted by Gasteiger charge is 2.43. The molecule has 0 aliphatic carbocycles. The van der Waals surface area contributed by atoms with Crippen LogP contribution < -0.4 is 4.74 Å². The summed E-state index contributed by atoms with van der Waals surface area (Å²) >= 11 is 0. The van der Waals surface area contributed by atoms with Gasteiger partial charge in [-0.1, -0.05) is 19.6 Å². The Hall–Kier alpha value is -2.96. The number of morpholine rings is 1. The third-order valence-electron chi connectivity index (χ3n) is 7.28. The van der Waals surface area contributed by atoms with Gasteiger partial charge >= 0.3 is 6.09 Å². The molecule has 0 spiro atoms. The molecule has 0 N–H and O–H groups in total. The van der Waals surface area contributed by atoms with Gasteiger partial charge in [-0.3, -0.25) is 24.2 Å². The summed E-state index contributed by atoms with van der Waals surface area (Å²) in [6.45, 7) is 14.2. The summed E-state index contributed by atoms with van der Waals surface area (Å²) in [6.07, 6.45) is 0.0597. The Balaban J connectivity index is 1.37. The fourth-order valence-corrected chi connectivity index (χ4v) is 5.74. The van der Waals surface area contributed by atoms with Gasteiger partial charge in [0.15, 0.2) is 0 Å². The van der Waals surface area contributed by atoms with Crippen LogP contribution in [0.5, 0.6) is 5.75 Å². The van der Waals surface area contributed by atoms with E-state index < -0.39 is 31.7 Å². The molecule has 2 saturated heterocycles. The van der Waals surface area contributed by atoms with Gasteiger partial charge in [-0.05, 0) is 57.0 Å². The number of likely N-dealkylation sites (tertiary alicyclic amines) is 1. The second-order valence-electron chi connectivity index (χ2n) is 13.0. The molecule has 12 heteroatoms. The number of benzene rings is 1. The largest absolute Gasteiger partial charge is 0.491 e.